The molecule has 0 fully saturated rings. The summed E-state index contributed by atoms with van der Waals surface area (Å²) in [4.78, 5) is 11.6. The lowest BCUT2D eigenvalue weighted by molar-refractivity contribution is -0.155. The minimum atomic E-state index is -0.424. The molecule has 19 heavy (non-hydrogen) atoms. The smallest absolute Gasteiger partial charge is 0.306 e. The molecule has 1 rings (SSSR count). The summed E-state index contributed by atoms with van der Waals surface area (Å²) >= 11 is 3.37. The van der Waals surface area contributed by atoms with Crippen molar-refractivity contribution in [1.82, 2.24) is 0 Å². The van der Waals surface area contributed by atoms with Crippen LogP contribution in [0.2, 0.25) is 0 Å². The molecule has 0 amide bonds. The average Bonchev–Trinajstić information content (AvgIpc) is 2.27. The number of hydrogen-bond donors (Lipinski definition) is 0. The van der Waals surface area contributed by atoms with Gasteiger partial charge in [-0.3, -0.25) is 4.79 Å². The Morgan fingerprint density at radius 1 is 1.26 bits per heavy atom. The Morgan fingerprint density at radius 2 is 1.84 bits per heavy atom. The maximum Gasteiger partial charge on any atom is 0.306 e. The SMILES string of the molecule is C[C@@H](CCC(=O)OC(C)(C)C)Oc1ccc(Br)cc1. The summed E-state index contributed by atoms with van der Waals surface area (Å²) in [6.45, 7) is 7.55. The average molecular weight is 329 g/mol. The summed E-state index contributed by atoms with van der Waals surface area (Å²) in [5, 5.41) is 0. The molecular formula is C15H21BrO3. The molecule has 1 aromatic rings. The molecule has 0 aliphatic heterocycles. The molecular weight excluding hydrogens is 308 g/mol. The molecule has 4 heteroatoms. The molecule has 0 aliphatic carbocycles. The zero-order chi connectivity index (χ0) is 14.5. The van der Waals surface area contributed by atoms with Gasteiger partial charge in [-0.25, -0.2) is 0 Å². The van der Waals surface area contributed by atoms with E-state index in [0.29, 0.717) is 12.8 Å². The molecule has 0 heterocycles. The van der Waals surface area contributed by atoms with Gasteiger partial charge in [0, 0.05) is 10.9 Å². The second kappa shape index (κ2) is 6.94. The minimum Gasteiger partial charge on any atom is -0.491 e. The highest BCUT2D eigenvalue weighted by atomic mass is 79.9. The fourth-order valence-corrected chi connectivity index (χ4v) is 1.78. The first kappa shape index (κ1) is 16.0. The normalized spacial score (nSPS) is 12.9. The summed E-state index contributed by atoms with van der Waals surface area (Å²) in [5.74, 6) is 0.624. The van der Waals surface area contributed by atoms with Gasteiger partial charge < -0.3 is 9.47 Å². The number of benzene rings is 1. The highest BCUT2D eigenvalue weighted by molar-refractivity contribution is 9.10. The fraction of sp³-hybridized carbons (Fsp3) is 0.533. The first-order valence-electron chi connectivity index (χ1n) is 6.40. The molecule has 0 spiro atoms. The minimum absolute atomic E-state index is 0.0197. The molecule has 0 radical (unpaired) electrons. The molecule has 0 aromatic heterocycles. The summed E-state index contributed by atoms with van der Waals surface area (Å²) in [6, 6.07) is 7.65. The van der Waals surface area contributed by atoms with Crippen LogP contribution in [0.4, 0.5) is 0 Å². The monoisotopic (exact) mass is 328 g/mol. The number of carbonyl (C=O) groups is 1. The number of hydrogen-bond acceptors (Lipinski definition) is 3. The molecule has 0 saturated heterocycles. The van der Waals surface area contributed by atoms with Crippen molar-refractivity contribution < 1.29 is 14.3 Å². The van der Waals surface area contributed by atoms with Crippen LogP contribution in [-0.4, -0.2) is 17.7 Å². The number of esters is 1. The van der Waals surface area contributed by atoms with Crippen LogP contribution < -0.4 is 4.74 Å². The zero-order valence-corrected chi connectivity index (χ0v) is 13.5. The third kappa shape index (κ3) is 7.21. The predicted molar refractivity (Wildman–Crippen MR) is 79.3 cm³/mol. The summed E-state index contributed by atoms with van der Waals surface area (Å²) < 4.78 is 12.0. The third-order valence-corrected chi connectivity index (χ3v) is 2.85. The predicted octanol–water partition coefficient (Wildman–Crippen LogP) is 4.34. The van der Waals surface area contributed by atoms with E-state index in [1.165, 1.54) is 0 Å². The van der Waals surface area contributed by atoms with Gasteiger partial charge in [-0.2, -0.15) is 0 Å². The molecule has 3 nitrogen and oxygen atoms in total. The van der Waals surface area contributed by atoms with Crippen molar-refractivity contribution in [1.29, 1.82) is 0 Å². The van der Waals surface area contributed by atoms with Gasteiger partial charge >= 0.3 is 5.97 Å². The van der Waals surface area contributed by atoms with E-state index in [2.05, 4.69) is 15.9 Å². The van der Waals surface area contributed by atoms with E-state index >= 15 is 0 Å². The summed E-state index contributed by atoms with van der Waals surface area (Å²) in [5.41, 5.74) is -0.424. The number of rotatable bonds is 5. The number of halogens is 1. The second-order valence-corrected chi connectivity index (χ2v) is 6.42. The van der Waals surface area contributed by atoms with Crippen molar-refractivity contribution >= 4 is 21.9 Å². The molecule has 0 saturated carbocycles. The van der Waals surface area contributed by atoms with E-state index in [0.717, 1.165) is 10.2 Å². The first-order chi connectivity index (χ1) is 8.76. The number of carbonyl (C=O) groups excluding carboxylic acids is 1. The Morgan fingerprint density at radius 3 is 2.37 bits per heavy atom. The second-order valence-electron chi connectivity index (χ2n) is 5.51. The standard InChI is InChI=1S/C15H21BrO3/c1-11(5-10-14(17)19-15(2,3)4)18-13-8-6-12(16)7-9-13/h6-9,11H,5,10H2,1-4H3/t11-/m0/s1. The third-order valence-electron chi connectivity index (χ3n) is 2.33. The molecule has 0 N–H and O–H groups in total. The van der Waals surface area contributed by atoms with E-state index in [1.807, 2.05) is 52.0 Å². The van der Waals surface area contributed by atoms with Crippen molar-refractivity contribution in [3.63, 3.8) is 0 Å². The van der Waals surface area contributed by atoms with Crippen LogP contribution in [0.15, 0.2) is 28.7 Å². The van der Waals surface area contributed by atoms with Gasteiger partial charge in [0.15, 0.2) is 0 Å². The van der Waals surface area contributed by atoms with Crippen LogP contribution in [-0.2, 0) is 9.53 Å². The van der Waals surface area contributed by atoms with Crippen LogP contribution in [0.1, 0.15) is 40.5 Å². The van der Waals surface area contributed by atoms with E-state index in [9.17, 15) is 4.79 Å². The van der Waals surface area contributed by atoms with Crippen LogP contribution >= 0.6 is 15.9 Å². The van der Waals surface area contributed by atoms with Gasteiger partial charge in [-0.05, 0) is 58.4 Å². The van der Waals surface area contributed by atoms with Gasteiger partial charge in [0.1, 0.15) is 11.4 Å². The Bertz CT molecular complexity index is 406. The Balaban J connectivity index is 2.33. The lowest BCUT2D eigenvalue weighted by Crippen LogP contribution is -2.25. The summed E-state index contributed by atoms with van der Waals surface area (Å²) in [6.07, 6.45) is 0.994. The van der Waals surface area contributed by atoms with Gasteiger partial charge in [-0.1, -0.05) is 15.9 Å². The molecule has 0 aliphatic rings. The largest absolute Gasteiger partial charge is 0.491 e. The first-order valence-corrected chi connectivity index (χ1v) is 7.19. The highest BCUT2D eigenvalue weighted by Crippen LogP contribution is 2.18. The molecule has 0 unspecified atom stereocenters. The van der Waals surface area contributed by atoms with Gasteiger partial charge in [0.2, 0.25) is 0 Å². The number of ether oxygens (including phenoxy) is 2. The van der Waals surface area contributed by atoms with E-state index in [1.54, 1.807) is 0 Å². The lowest BCUT2D eigenvalue weighted by Gasteiger charge is -2.20. The van der Waals surface area contributed by atoms with E-state index < -0.39 is 5.60 Å². The van der Waals surface area contributed by atoms with Gasteiger partial charge in [-0.15, -0.1) is 0 Å². The van der Waals surface area contributed by atoms with Crippen LogP contribution in [0, 0.1) is 0 Å². The molecule has 0 bridgehead atoms. The van der Waals surface area contributed by atoms with E-state index in [-0.39, 0.29) is 12.1 Å². The molecule has 1 aromatic carbocycles. The molecule has 1 atom stereocenters. The lowest BCUT2D eigenvalue weighted by atomic mass is 10.2. The van der Waals surface area contributed by atoms with Crippen LogP contribution in [0.25, 0.3) is 0 Å². The van der Waals surface area contributed by atoms with Crippen molar-refractivity contribution in [2.75, 3.05) is 0 Å². The quantitative estimate of drug-likeness (QED) is 0.754. The van der Waals surface area contributed by atoms with Crippen molar-refractivity contribution in [2.24, 2.45) is 0 Å². The van der Waals surface area contributed by atoms with E-state index in [4.69, 9.17) is 9.47 Å². The van der Waals surface area contributed by atoms with Crippen molar-refractivity contribution in [3.8, 4) is 5.75 Å². The fourth-order valence-electron chi connectivity index (χ4n) is 1.52. The maximum absolute atomic E-state index is 11.6. The van der Waals surface area contributed by atoms with Crippen LogP contribution in [0.3, 0.4) is 0 Å². The Hall–Kier alpha value is -1.03. The topological polar surface area (TPSA) is 35.5 Å². The highest BCUT2D eigenvalue weighted by Gasteiger charge is 2.17. The van der Waals surface area contributed by atoms with Crippen LogP contribution in [0.5, 0.6) is 5.75 Å². The Labute approximate surface area is 123 Å². The summed E-state index contributed by atoms with van der Waals surface area (Å²) in [7, 11) is 0. The zero-order valence-electron chi connectivity index (χ0n) is 11.9. The molecule has 106 valence electrons. The van der Waals surface area contributed by atoms with Crippen molar-refractivity contribution in [2.45, 2.75) is 52.2 Å². The van der Waals surface area contributed by atoms with Gasteiger partial charge in [0.05, 0.1) is 6.10 Å². The van der Waals surface area contributed by atoms with Gasteiger partial charge in [0.25, 0.3) is 0 Å². The Kier molecular flexibility index (Phi) is 5.85. The van der Waals surface area contributed by atoms with Crippen molar-refractivity contribution in [3.05, 3.63) is 28.7 Å². The maximum atomic E-state index is 11.6.